The molecule has 0 radical (unpaired) electrons. The topological polar surface area (TPSA) is 146 Å². The second kappa shape index (κ2) is 15.2. The van der Waals surface area contributed by atoms with Gasteiger partial charge in [-0.25, -0.2) is 22.8 Å². The van der Waals surface area contributed by atoms with Crippen LogP contribution in [0.25, 0.3) is 10.9 Å². The lowest BCUT2D eigenvalue weighted by atomic mass is 10.1. The van der Waals surface area contributed by atoms with Crippen molar-refractivity contribution in [1.82, 2.24) is 15.2 Å². The molecule has 3 N–H and O–H groups in total. The van der Waals surface area contributed by atoms with Gasteiger partial charge in [-0.05, 0) is 38.1 Å². The number of nitrogens with zero attached hydrogens (tertiary/aromatic N) is 4. The second-order valence-corrected chi connectivity index (χ2v) is 12.0. The first kappa shape index (κ1) is 35.5. The van der Waals surface area contributed by atoms with Gasteiger partial charge in [-0.15, -0.1) is 0 Å². The van der Waals surface area contributed by atoms with E-state index in [1.807, 2.05) is 11.8 Å². The molecule has 2 aromatic carbocycles. The summed E-state index contributed by atoms with van der Waals surface area (Å²) in [6, 6.07) is 5.74. The Hall–Kier alpha value is -4.83. The van der Waals surface area contributed by atoms with Gasteiger partial charge in [0.25, 0.3) is 0 Å². The molecular weight excluding hydrogens is 649 g/mol. The Morgan fingerprint density at radius 2 is 1.78 bits per heavy atom. The Balaban J connectivity index is 0.000000191. The normalized spacial score (nSPS) is 19.4. The average Bonchev–Trinajstić information content (AvgIpc) is 3.45. The Kier molecular flexibility index (Phi) is 11.0. The molecule has 264 valence electrons. The Bertz CT molecular complexity index is 1800. The van der Waals surface area contributed by atoms with Crippen LogP contribution in [0.2, 0.25) is 0 Å². The number of carboxylic acid groups (broad SMARTS) is 1. The van der Waals surface area contributed by atoms with Crippen molar-refractivity contribution < 1.29 is 42.1 Å². The lowest BCUT2D eigenvalue weighted by Gasteiger charge is -2.34. The predicted octanol–water partition coefficient (Wildman–Crippen LogP) is 2.92. The molecule has 6 rings (SSSR count). The van der Waals surface area contributed by atoms with Gasteiger partial charge in [0.15, 0.2) is 5.82 Å². The highest BCUT2D eigenvalue weighted by Crippen LogP contribution is 2.31. The summed E-state index contributed by atoms with van der Waals surface area (Å²) in [6.07, 6.45) is 0.130. The van der Waals surface area contributed by atoms with Gasteiger partial charge in [0.05, 0.1) is 48.6 Å². The van der Waals surface area contributed by atoms with Gasteiger partial charge in [0.1, 0.15) is 29.0 Å². The zero-order valence-electron chi connectivity index (χ0n) is 27.4. The van der Waals surface area contributed by atoms with Gasteiger partial charge < -0.3 is 39.6 Å². The average molecular weight is 689 g/mol. The van der Waals surface area contributed by atoms with E-state index in [9.17, 15) is 28.0 Å². The summed E-state index contributed by atoms with van der Waals surface area (Å²) in [5.41, 5.74) is -0.684. The fourth-order valence-corrected chi connectivity index (χ4v) is 6.12. The fourth-order valence-electron chi connectivity index (χ4n) is 6.12. The van der Waals surface area contributed by atoms with Crippen LogP contribution < -0.4 is 30.8 Å². The molecule has 3 fully saturated rings. The van der Waals surface area contributed by atoms with E-state index in [2.05, 4.69) is 10.6 Å². The molecule has 2 amide bonds. The van der Waals surface area contributed by atoms with Crippen molar-refractivity contribution in [1.29, 1.82) is 0 Å². The van der Waals surface area contributed by atoms with Gasteiger partial charge in [0, 0.05) is 58.4 Å². The SMILES string of the molecule is CC(=O)NC[C@H]1CN(c2ccc(N3CCOCC3)c(F)c2)C(=O)O1.CCn1cc(C(=O)O)c(=O)c2cc(F)c(N3CCNC(C)C3)c(F)c21. The third-order valence-electron chi connectivity index (χ3n) is 8.53. The number of hydrogen-bond donors (Lipinski definition) is 3. The number of rotatable bonds is 7. The summed E-state index contributed by atoms with van der Waals surface area (Å²) in [7, 11) is 0. The number of aromatic carboxylic acids is 1. The lowest BCUT2D eigenvalue weighted by molar-refractivity contribution is -0.119. The molecule has 3 aromatic rings. The molecule has 3 aliphatic heterocycles. The maximum Gasteiger partial charge on any atom is 0.414 e. The Labute approximate surface area is 280 Å². The van der Waals surface area contributed by atoms with E-state index in [-0.39, 0.29) is 54.0 Å². The first-order chi connectivity index (χ1) is 23.4. The lowest BCUT2D eigenvalue weighted by Crippen LogP contribution is -2.49. The van der Waals surface area contributed by atoms with Crippen molar-refractivity contribution >= 4 is 45.9 Å². The van der Waals surface area contributed by atoms with Crippen LogP contribution in [-0.4, -0.2) is 98.8 Å². The summed E-state index contributed by atoms with van der Waals surface area (Å²) >= 11 is 0. The molecule has 0 aliphatic carbocycles. The number of carbonyl (C=O) groups excluding carboxylic acids is 2. The highest BCUT2D eigenvalue weighted by Gasteiger charge is 2.33. The number of ether oxygens (including phenoxy) is 2. The van der Waals surface area contributed by atoms with Gasteiger partial charge in [0.2, 0.25) is 11.3 Å². The van der Waals surface area contributed by atoms with Crippen molar-refractivity contribution in [3.05, 3.63) is 63.7 Å². The number of pyridine rings is 1. The number of carbonyl (C=O) groups is 3. The Morgan fingerprint density at radius 1 is 1.04 bits per heavy atom. The van der Waals surface area contributed by atoms with E-state index in [0.29, 0.717) is 57.3 Å². The summed E-state index contributed by atoms with van der Waals surface area (Å²) in [5.74, 6) is -3.69. The minimum absolute atomic E-state index is 0.0694. The smallest absolute Gasteiger partial charge is 0.414 e. The number of morpholine rings is 1. The van der Waals surface area contributed by atoms with Crippen LogP contribution in [0.4, 0.5) is 35.0 Å². The van der Waals surface area contributed by atoms with Gasteiger partial charge >= 0.3 is 12.1 Å². The number of aromatic nitrogens is 1. The molecule has 16 heteroatoms. The number of anilines is 3. The number of cyclic esters (lactones) is 1. The minimum Gasteiger partial charge on any atom is -0.477 e. The molecule has 13 nitrogen and oxygen atoms in total. The number of nitrogens with one attached hydrogen (secondary N) is 2. The maximum atomic E-state index is 15.2. The van der Waals surface area contributed by atoms with E-state index in [1.165, 1.54) is 22.5 Å². The number of benzene rings is 2. The second-order valence-electron chi connectivity index (χ2n) is 12.0. The van der Waals surface area contributed by atoms with Crippen molar-refractivity contribution in [2.45, 2.75) is 39.5 Å². The number of aryl methyl sites for hydroxylation is 1. The molecule has 0 spiro atoms. The molecule has 4 heterocycles. The van der Waals surface area contributed by atoms with Crippen LogP contribution >= 0.6 is 0 Å². The fraction of sp³-hybridized carbons (Fsp3) is 0.455. The number of carboxylic acids is 1. The summed E-state index contributed by atoms with van der Waals surface area (Å²) in [6.45, 7) is 9.67. The number of amides is 2. The molecule has 3 aliphatic rings. The van der Waals surface area contributed by atoms with Crippen molar-refractivity contribution in [3.63, 3.8) is 0 Å². The van der Waals surface area contributed by atoms with E-state index in [4.69, 9.17) is 14.6 Å². The van der Waals surface area contributed by atoms with Crippen molar-refractivity contribution in [2.75, 3.05) is 73.7 Å². The molecular formula is C33H39F3N6O7. The van der Waals surface area contributed by atoms with Crippen molar-refractivity contribution in [2.24, 2.45) is 0 Å². The largest absolute Gasteiger partial charge is 0.477 e. The summed E-state index contributed by atoms with van der Waals surface area (Å²) < 4.78 is 56.1. The van der Waals surface area contributed by atoms with Crippen molar-refractivity contribution in [3.8, 4) is 0 Å². The quantitative estimate of drug-likeness (QED) is 0.339. The molecule has 1 unspecified atom stereocenters. The molecule has 2 atom stereocenters. The third kappa shape index (κ3) is 7.75. The Morgan fingerprint density at radius 3 is 2.41 bits per heavy atom. The van der Waals surface area contributed by atoms with Gasteiger partial charge in [-0.3, -0.25) is 14.5 Å². The van der Waals surface area contributed by atoms with Crippen LogP contribution in [0.15, 0.2) is 35.3 Å². The molecule has 0 bridgehead atoms. The van der Waals surface area contributed by atoms with Gasteiger partial charge in [-0.1, -0.05) is 0 Å². The monoisotopic (exact) mass is 688 g/mol. The highest BCUT2D eigenvalue weighted by molar-refractivity contribution is 5.94. The molecule has 1 aromatic heterocycles. The predicted molar refractivity (Wildman–Crippen MR) is 176 cm³/mol. The molecule has 0 saturated carbocycles. The minimum atomic E-state index is -1.42. The first-order valence-electron chi connectivity index (χ1n) is 16.0. The highest BCUT2D eigenvalue weighted by atomic mass is 19.1. The van der Waals surface area contributed by atoms with Gasteiger partial charge in [-0.2, -0.15) is 0 Å². The summed E-state index contributed by atoms with van der Waals surface area (Å²) in [5, 5.41) is 14.7. The van der Waals surface area contributed by atoms with E-state index in [1.54, 1.807) is 24.0 Å². The zero-order chi connectivity index (χ0) is 35.4. The van der Waals surface area contributed by atoms with Crippen LogP contribution in [0.5, 0.6) is 0 Å². The van der Waals surface area contributed by atoms with E-state index < -0.39 is 40.8 Å². The zero-order valence-corrected chi connectivity index (χ0v) is 27.4. The van der Waals surface area contributed by atoms with E-state index >= 15 is 4.39 Å². The maximum absolute atomic E-state index is 15.2. The number of hydrogen-bond acceptors (Lipinski definition) is 9. The van der Waals surface area contributed by atoms with Crippen LogP contribution in [0, 0.1) is 17.5 Å². The van der Waals surface area contributed by atoms with Crippen LogP contribution in [-0.2, 0) is 20.8 Å². The van der Waals surface area contributed by atoms with E-state index in [0.717, 1.165) is 12.3 Å². The number of halogens is 3. The third-order valence-corrected chi connectivity index (χ3v) is 8.53. The molecule has 3 saturated heterocycles. The van der Waals surface area contributed by atoms with Crippen LogP contribution in [0.1, 0.15) is 31.1 Å². The standard InChI is InChI=1S/C17H19F2N3O3.C16H20FN3O4/c1-3-21-8-11(17(24)25)16(23)10-6-12(18)15(13(19)14(10)21)22-5-4-20-9(2)7-22;1-11(21)18-9-13-10-20(16(22)24-13)12-2-3-15(14(17)8-12)19-4-6-23-7-5-19/h6,8-9,20H,3-5,7H2,1-2H3,(H,24,25);2-3,8,13H,4-7,9-10H2,1H3,(H,18,21)/t;13-/m.0/s1. The van der Waals surface area contributed by atoms with Crippen LogP contribution in [0.3, 0.4) is 0 Å². The molecule has 49 heavy (non-hydrogen) atoms. The number of piperazine rings is 1. The number of fused-ring (bicyclic) bond motifs is 1. The first-order valence-corrected chi connectivity index (χ1v) is 16.0. The summed E-state index contributed by atoms with van der Waals surface area (Å²) in [4.78, 5) is 51.4.